The van der Waals surface area contributed by atoms with Gasteiger partial charge >= 0.3 is 5.97 Å². The number of carbonyl (C=O) groups is 1. The predicted octanol–water partition coefficient (Wildman–Crippen LogP) is 8.36. The highest BCUT2D eigenvalue weighted by Crippen LogP contribution is 2.38. The van der Waals surface area contributed by atoms with E-state index in [1.165, 1.54) is 6.07 Å². The van der Waals surface area contributed by atoms with Gasteiger partial charge in [0.15, 0.2) is 23.3 Å². The molecule has 0 N–H and O–H groups in total. The van der Waals surface area contributed by atoms with E-state index in [4.69, 9.17) is 14.2 Å². The van der Waals surface area contributed by atoms with Gasteiger partial charge in [0, 0.05) is 10.8 Å². The molecule has 0 fully saturated rings. The van der Waals surface area contributed by atoms with Crippen molar-refractivity contribution < 1.29 is 41.0 Å². The van der Waals surface area contributed by atoms with Gasteiger partial charge in [0.05, 0.1) is 18.8 Å². The Hall–Kier alpha value is -3.88. The van der Waals surface area contributed by atoms with Crippen LogP contribution >= 0.6 is 0 Å². The number of hydrogen-bond acceptors (Lipinski definition) is 4. The summed E-state index contributed by atoms with van der Waals surface area (Å²) in [5.74, 6) is -11.3. The zero-order valence-electron chi connectivity index (χ0n) is 21.3. The fraction of sp³-hybridized carbons (Fsp3) is 0.300. The number of carbonyl (C=O) groups excluding carboxylic acids is 1. The minimum Gasteiger partial charge on any atom is -0.493 e. The van der Waals surface area contributed by atoms with Crippen LogP contribution in [-0.2, 0) is 11.3 Å². The lowest BCUT2D eigenvalue weighted by Gasteiger charge is -2.18. The largest absolute Gasteiger partial charge is 0.493 e. The average molecular weight is 549 g/mol. The first kappa shape index (κ1) is 29.7. The summed E-state index contributed by atoms with van der Waals surface area (Å²) in [6, 6.07) is 8.45. The van der Waals surface area contributed by atoms with Gasteiger partial charge in [0.25, 0.3) is 0 Å². The normalized spacial score (nSPS) is 10.9. The molecule has 9 heteroatoms. The minimum absolute atomic E-state index is 0.109. The standard InChI is InChI=1S/C30H29F5O4/c1-3-5-7-11-15-37-23-17-21(29(38-16-12-8-6-4-2)20-14-10-9-13-19(20)23)30(36)39-18-22-24(31)26(33)28(35)27(34)25(22)32/h3-4,9-10,13-14,17H,1-2,5-8,11-12,15-16,18H2. The van der Waals surface area contributed by atoms with Crippen molar-refractivity contribution in [3.63, 3.8) is 0 Å². The van der Waals surface area contributed by atoms with Crippen molar-refractivity contribution >= 4 is 16.7 Å². The van der Waals surface area contributed by atoms with Crippen molar-refractivity contribution in [2.75, 3.05) is 13.2 Å². The maximum atomic E-state index is 14.1. The molecular weight excluding hydrogens is 519 g/mol. The second-order valence-electron chi connectivity index (χ2n) is 8.69. The summed E-state index contributed by atoms with van der Waals surface area (Å²) in [7, 11) is 0. The first-order valence-electron chi connectivity index (χ1n) is 12.5. The Morgan fingerprint density at radius 2 is 1.28 bits per heavy atom. The smallest absolute Gasteiger partial charge is 0.342 e. The van der Waals surface area contributed by atoms with Crippen molar-refractivity contribution in [3.05, 3.63) is 95.9 Å². The molecule has 3 aromatic rings. The van der Waals surface area contributed by atoms with E-state index in [9.17, 15) is 26.7 Å². The molecule has 39 heavy (non-hydrogen) atoms. The molecule has 3 aromatic carbocycles. The monoisotopic (exact) mass is 548 g/mol. The molecule has 0 aliphatic rings. The molecule has 0 bridgehead atoms. The first-order chi connectivity index (χ1) is 18.8. The summed E-state index contributed by atoms with van der Waals surface area (Å²) < 4.78 is 85.8. The van der Waals surface area contributed by atoms with E-state index >= 15 is 0 Å². The van der Waals surface area contributed by atoms with Crippen molar-refractivity contribution in [3.8, 4) is 11.5 Å². The van der Waals surface area contributed by atoms with Gasteiger partial charge in [-0.3, -0.25) is 0 Å². The molecule has 0 saturated carbocycles. The molecule has 0 unspecified atom stereocenters. The highest BCUT2D eigenvalue weighted by atomic mass is 19.2. The van der Waals surface area contributed by atoms with E-state index in [1.54, 1.807) is 36.4 Å². The van der Waals surface area contributed by atoms with Gasteiger partial charge in [0.2, 0.25) is 5.82 Å². The Bertz CT molecular complexity index is 1310. The number of hydrogen-bond donors (Lipinski definition) is 0. The van der Waals surface area contributed by atoms with Crippen LogP contribution in [0.3, 0.4) is 0 Å². The van der Waals surface area contributed by atoms with Crippen LogP contribution < -0.4 is 9.47 Å². The van der Waals surface area contributed by atoms with Crippen LogP contribution in [0, 0.1) is 29.1 Å². The van der Waals surface area contributed by atoms with Gasteiger partial charge in [-0.15, -0.1) is 13.2 Å². The molecule has 0 amide bonds. The summed E-state index contributed by atoms with van der Waals surface area (Å²) in [5.41, 5.74) is -1.37. The minimum atomic E-state index is -2.29. The third-order valence-corrected chi connectivity index (χ3v) is 5.93. The Balaban J connectivity index is 1.95. The van der Waals surface area contributed by atoms with Crippen LogP contribution in [0.15, 0.2) is 55.6 Å². The molecule has 0 aliphatic heterocycles. The number of halogens is 5. The molecule has 0 saturated heterocycles. The van der Waals surface area contributed by atoms with Crippen molar-refractivity contribution in [1.82, 2.24) is 0 Å². The van der Waals surface area contributed by atoms with E-state index in [2.05, 4.69) is 13.2 Å². The molecule has 4 nitrogen and oxygen atoms in total. The number of benzene rings is 3. The SMILES string of the molecule is C=CCCCCOc1cc(C(=O)OCc2c(F)c(F)c(F)c(F)c2F)c(OCCCCC=C)c2ccccc12. The van der Waals surface area contributed by atoms with Gasteiger partial charge in [-0.25, -0.2) is 26.7 Å². The van der Waals surface area contributed by atoms with E-state index < -0.39 is 47.2 Å². The second kappa shape index (κ2) is 14.3. The van der Waals surface area contributed by atoms with Crippen molar-refractivity contribution in [2.45, 2.75) is 45.1 Å². The molecule has 3 rings (SSSR count). The maximum Gasteiger partial charge on any atom is 0.342 e. The van der Waals surface area contributed by atoms with Crippen LogP contribution in [0.4, 0.5) is 22.0 Å². The topological polar surface area (TPSA) is 44.8 Å². The summed E-state index contributed by atoms with van der Waals surface area (Å²) in [6.45, 7) is 6.77. The fourth-order valence-corrected chi connectivity index (χ4v) is 3.87. The number of ether oxygens (including phenoxy) is 3. The van der Waals surface area contributed by atoms with Crippen molar-refractivity contribution in [2.24, 2.45) is 0 Å². The zero-order chi connectivity index (χ0) is 28.4. The van der Waals surface area contributed by atoms with Gasteiger partial charge in [-0.1, -0.05) is 36.4 Å². The molecule has 0 atom stereocenters. The number of fused-ring (bicyclic) bond motifs is 1. The van der Waals surface area contributed by atoms with Gasteiger partial charge in [-0.2, -0.15) is 0 Å². The summed E-state index contributed by atoms with van der Waals surface area (Å²) in [5, 5.41) is 1.20. The lowest BCUT2D eigenvalue weighted by molar-refractivity contribution is 0.0457. The fourth-order valence-electron chi connectivity index (χ4n) is 3.87. The van der Waals surface area contributed by atoms with E-state index in [0.29, 0.717) is 29.5 Å². The Morgan fingerprint density at radius 3 is 1.87 bits per heavy atom. The zero-order valence-corrected chi connectivity index (χ0v) is 21.3. The molecule has 0 heterocycles. The highest BCUT2D eigenvalue weighted by molar-refractivity contribution is 6.04. The van der Waals surface area contributed by atoms with Gasteiger partial charge in [0.1, 0.15) is 23.7 Å². The van der Waals surface area contributed by atoms with Crippen LogP contribution in [0.2, 0.25) is 0 Å². The Morgan fingerprint density at radius 1 is 0.744 bits per heavy atom. The third-order valence-electron chi connectivity index (χ3n) is 5.93. The van der Waals surface area contributed by atoms with Crippen LogP contribution in [0.25, 0.3) is 10.8 Å². The summed E-state index contributed by atoms with van der Waals surface area (Å²) >= 11 is 0. The maximum absolute atomic E-state index is 14.1. The summed E-state index contributed by atoms with van der Waals surface area (Å²) in [4.78, 5) is 13.2. The first-order valence-corrected chi connectivity index (χ1v) is 12.5. The summed E-state index contributed by atoms with van der Waals surface area (Å²) in [6.07, 6.45) is 8.20. The number of unbranched alkanes of at least 4 members (excludes halogenated alkanes) is 4. The van der Waals surface area contributed by atoms with E-state index in [0.717, 1.165) is 32.1 Å². The lowest BCUT2D eigenvalue weighted by Crippen LogP contribution is -2.13. The van der Waals surface area contributed by atoms with Crippen molar-refractivity contribution in [1.29, 1.82) is 0 Å². The quantitative estimate of drug-likeness (QED) is 0.0478. The van der Waals surface area contributed by atoms with Crippen LogP contribution in [-0.4, -0.2) is 19.2 Å². The lowest BCUT2D eigenvalue weighted by atomic mass is 10.0. The average Bonchev–Trinajstić information content (AvgIpc) is 2.95. The van der Waals surface area contributed by atoms with Crippen LogP contribution in [0.1, 0.15) is 54.4 Å². The number of rotatable bonds is 15. The molecule has 0 spiro atoms. The second-order valence-corrected chi connectivity index (χ2v) is 8.69. The number of allylic oxidation sites excluding steroid dienone is 2. The molecule has 0 radical (unpaired) electrons. The van der Waals surface area contributed by atoms with Gasteiger partial charge in [-0.05, 0) is 44.6 Å². The van der Waals surface area contributed by atoms with Crippen LogP contribution in [0.5, 0.6) is 11.5 Å². The highest BCUT2D eigenvalue weighted by Gasteiger charge is 2.27. The molecule has 0 aliphatic carbocycles. The molecule has 0 aromatic heterocycles. The molecule has 208 valence electrons. The Kier molecular flexibility index (Phi) is 10.9. The van der Waals surface area contributed by atoms with E-state index in [1.807, 2.05) is 0 Å². The molecular formula is C30H29F5O4. The van der Waals surface area contributed by atoms with E-state index in [-0.39, 0.29) is 17.9 Å². The predicted molar refractivity (Wildman–Crippen MR) is 138 cm³/mol. The van der Waals surface area contributed by atoms with Gasteiger partial charge < -0.3 is 14.2 Å². The Labute approximate surface area is 223 Å². The number of esters is 1. The third kappa shape index (κ3) is 7.16.